The van der Waals surface area contributed by atoms with E-state index in [9.17, 15) is 4.79 Å². The molecule has 6 rings (SSSR count). The Morgan fingerprint density at radius 2 is 1.89 bits per heavy atom. The highest BCUT2D eigenvalue weighted by atomic mass is 16.2. The molecule has 1 aliphatic heterocycles. The Labute approximate surface area is 221 Å². The third-order valence-electron chi connectivity index (χ3n) is 7.58. The van der Waals surface area contributed by atoms with Gasteiger partial charge in [-0.05, 0) is 55.7 Å². The van der Waals surface area contributed by atoms with Crippen molar-refractivity contribution in [3.63, 3.8) is 0 Å². The number of aromatic nitrogens is 7. The minimum atomic E-state index is -0.00204. The molecule has 3 aromatic heterocycles. The van der Waals surface area contributed by atoms with Crippen molar-refractivity contribution in [2.75, 3.05) is 6.54 Å². The summed E-state index contributed by atoms with van der Waals surface area (Å²) in [5, 5.41) is 13.1. The van der Waals surface area contributed by atoms with Gasteiger partial charge in [0.25, 0.3) is 5.91 Å². The van der Waals surface area contributed by atoms with Crippen molar-refractivity contribution in [1.82, 2.24) is 39.0 Å². The van der Waals surface area contributed by atoms with Crippen LogP contribution < -0.4 is 0 Å². The summed E-state index contributed by atoms with van der Waals surface area (Å²) in [5.74, 6) is 2.11. The normalized spacial score (nSPS) is 13.5. The second-order valence-corrected chi connectivity index (χ2v) is 10.3. The molecule has 4 heterocycles. The fraction of sp³-hybridized carbons (Fsp3) is 0.345. The van der Waals surface area contributed by atoms with E-state index in [0.29, 0.717) is 24.6 Å². The first kappa shape index (κ1) is 24.1. The zero-order valence-corrected chi connectivity index (χ0v) is 22.5. The van der Waals surface area contributed by atoms with Crippen LogP contribution in [0.25, 0.3) is 28.2 Å². The lowest BCUT2D eigenvalue weighted by Gasteiger charge is -2.27. The van der Waals surface area contributed by atoms with Gasteiger partial charge in [0.2, 0.25) is 0 Å². The van der Waals surface area contributed by atoms with Gasteiger partial charge in [-0.15, -0.1) is 10.2 Å². The van der Waals surface area contributed by atoms with E-state index in [1.54, 1.807) is 6.33 Å². The molecule has 1 amide bonds. The molecule has 0 fully saturated rings. The van der Waals surface area contributed by atoms with E-state index in [-0.39, 0.29) is 5.91 Å². The number of hydrogen-bond acceptors (Lipinski definition) is 5. The summed E-state index contributed by atoms with van der Waals surface area (Å²) in [5.41, 5.74) is 7.81. The van der Waals surface area contributed by atoms with Crippen LogP contribution in [-0.2, 0) is 26.6 Å². The van der Waals surface area contributed by atoms with Crippen molar-refractivity contribution in [1.29, 1.82) is 0 Å². The number of nitrogens with zero attached hydrogens (tertiary/aromatic N) is 8. The molecular formula is C29H32N8O. The first-order chi connectivity index (χ1) is 18.4. The Morgan fingerprint density at radius 1 is 1.11 bits per heavy atom. The first-order valence-corrected chi connectivity index (χ1v) is 13.2. The predicted molar refractivity (Wildman–Crippen MR) is 146 cm³/mol. The number of benzene rings is 2. The lowest BCUT2D eigenvalue weighted by molar-refractivity contribution is 0.0734. The third-order valence-corrected chi connectivity index (χ3v) is 7.58. The fourth-order valence-corrected chi connectivity index (χ4v) is 5.47. The van der Waals surface area contributed by atoms with E-state index in [4.69, 9.17) is 10.1 Å². The minimum Gasteiger partial charge on any atom is -0.334 e. The van der Waals surface area contributed by atoms with Crippen molar-refractivity contribution >= 4 is 16.9 Å². The third kappa shape index (κ3) is 3.89. The van der Waals surface area contributed by atoms with Crippen LogP contribution in [-0.4, -0.2) is 51.4 Å². The van der Waals surface area contributed by atoms with Gasteiger partial charge in [0.15, 0.2) is 5.82 Å². The van der Waals surface area contributed by atoms with Crippen LogP contribution in [0.15, 0.2) is 48.8 Å². The quantitative estimate of drug-likeness (QED) is 0.344. The maximum absolute atomic E-state index is 13.7. The molecule has 5 aromatic rings. The zero-order valence-electron chi connectivity index (χ0n) is 22.5. The van der Waals surface area contributed by atoms with Crippen LogP contribution in [0.5, 0.6) is 0 Å². The predicted octanol–water partition coefficient (Wildman–Crippen LogP) is 4.67. The lowest BCUT2D eigenvalue weighted by Crippen LogP contribution is -2.36. The Kier molecular flexibility index (Phi) is 5.86. The number of carbonyl (C=O) groups is 1. The summed E-state index contributed by atoms with van der Waals surface area (Å²) in [6, 6.07) is 14.5. The smallest absolute Gasteiger partial charge is 0.254 e. The molecule has 1 aliphatic rings. The van der Waals surface area contributed by atoms with Gasteiger partial charge < -0.3 is 9.47 Å². The molecule has 0 saturated carbocycles. The Morgan fingerprint density at radius 3 is 2.63 bits per heavy atom. The number of amides is 1. The van der Waals surface area contributed by atoms with Crippen LogP contribution >= 0.6 is 0 Å². The van der Waals surface area contributed by atoms with Crippen molar-refractivity contribution in [3.8, 4) is 17.2 Å². The van der Waals surface area contributed by atoms with Crippen molar-refractivity contribution in [2.45, 2.75) is 53.1 Å². The van der Waals surface area contributed by atoms with E-state index in [1.165, 1.54) is 5.56 Å². The highest BCUT2D eigenvalue weighted by molar-refractivity contribution is 5.98. The summed E-state index contributed by atoms with van der Waals surface area (Å²) in [6.45, 7) is 10.3. The maximum atomic E-state index is 13.7. The first-order valence-electron chi connectivity index (χ1n) is 13.2. The van der Waals surface area contributed by atoms with E-state index in [1.807, 2.05) is 46.3 Å². The standard InChI is InChI=1S/C29H32N8O/c1-6-35-17-30-32-28(35)27-23-16-36(14-13-25(23)34(5)33-27)29(38)21-9-12-26-24(15-21)31-19(4)37(26)22-10-7-20(8-11-22)18(2)3/h7-12,15,17-18H,6,13-14,16H2,1-5H3. The topological polar surface area (TPSA) is 86.7 Å². The monoisotopic (exact) mass is 508 g/mol. The van der Waals surface area contributed by atoms with Crippen LogP contribution in [0.3, 0.4) is 0 Å². The molecule has 0 aliphatic carbocycles. The molecule has 0 N–H and O–H groups in total. The van der Waals surface area contributed by atoms with Gasteiger partial charge >= 0.3 is 0 Å². The molecular weight excluding hydrogens is 476 g/mol. The van der Waals surface area contributed by atoms with Crippen LogP contribution in [0, 0.1) is 6.92 Å². The van der Waals surface area contributed by atoms with Gasteiger partial charge in [-0.3, -0.25) is 14.0 Å². The molecule has 9 nitrogen and oxygen atoms in total. The second-order valence-electron chi connectivity index (χ2n) is 10.3. The molecule has 0 saturated heterocycles. The van der Waals surface area contributed by atoms with Gasteiger partial charge in [-0.2, -0.15) is 5.10 Å². The SMILES string of the molecule is CCn1cnnc1-c1nn(C)c2c1CN(C(=O)c1ccc3c(c1)nc(C)n3-c1ccc(C(C)C)cc1)CC2. The lowest BCUT2D eigenvalue weighted by atomic mass is 10.0. The van der Waals surface area contributed by atoms with E-state index in [2.05, 4.69) is 59.8 Å². The van der Waals surface area contributed by atoms with Gasteiger partial charge in [0.1, 0.15) is 17.8 Å². The maximum Gasteiger partial charge on any atom is 0.254 e. The number of rotatable bonds is 5. The van der Waals surface area contributed by atoms with Gasteiger partial charge in [0.05, 0.1) is 17.6 Å². The molecule has 0 radical (unpaired) electrons. The average molecular weight is 509 g/mol. The highest BCUT2D eigenvalue weighted by Crippen LogP contribution is 2.30. The number of hydrogen-bond donors (Lipinski definition) is 0. The average Bonchev–Trinajstić information content (AvgIpc) is 3.62. The molecule has 0 atom stereocenters. The van der Waals surface area contributed by atoms with Gasteiger partial charge in [-0.25, -0.2) is 4.98 Å². The molecule has 9 heteroatoms. The minimum absolute atomic E-state index is 0.00204. The fourth-order valence-electron chi connectivity index (χ4n) is 5.47. The van der Waals surface area contributed by atoms with Crippen molar-refractivity contribution in [3.05, 3.63) is 77.0 Å². The summed E-state index contributed by atoms with van der Waals surface area (Å²) in [7, 11) is 1.95. The van der Waals surface area contributed by atoms with E-state index < -0.39 is 0 Å². The number of aryl methyl sites for hydroxylation is 3. The Bertz CT molecular complexity index is 1650. The van der Waals surface area contributed by atoms with Gasteiger partial charge in [-0.1, -0.05) is 26.0 Å². The summed E-state index contributed by atoms with van der Waals surface area (Å²) in [6.07, 6.45) is 2.46. The van der Waals surface area contributed by atoms with Gasteiger partial charge in [0, 0.05) is 49.1 Å². The largest absolute Gasteiger partial charge is 0.334 e. The van der Waals surface area contributed by atoms with Crippen LogP contribution in [0.1, 0.15) is 59.7 Å². The molecule has 0 spiro atoms. The summed E-state index contributed by atoms with van der Waals surface area (Å²) >= 11 is 0. The van der Waals surface area contributed by atoms with Crippen molar-refractivity contribution < 1.29 is 4.79 Å². The zero-order chi connectivity index (χ0) is 26.6. The Hall–Kier alpha value is -4.27. The number of imidazole rings is 1. The summed E-state index contributed by atoms with van der Waals surface area (Å²) < 4.78 is 6.04. The van der Waals surface area contributed by atoms with Crippen LogP contribution in [0.2, 0.25) is 0 Å². The molecule has 0 unspecified atom stereocenters. The molecule has 38 heavy (non-hydrogen) atoms. The Balaban J connectivity index is 1.30. The molecule has 2 aromatic carbocycles. The van der Waals surface area contributed by atoms with E-state index >= 15 is 0 Å². The number of fused-ring (bicyclic) bond motifs is 2. The highest BCUT2D eigenvalue weighted by Gasteiger charge is 2.29. The molecule has 0 bridgehead atoms. The molecule has 194 valence electrons. The van der Waals surface area contributed by atoms with Crippen LogP contribution in [0.4, 0.5) is 0 Å². The summed E-state index contributed by atoms with van der Waals surface area (Å²) in [4.78, 5) is 20.4. The van der Waals surface area contributed by atoms with E-state index in [0.717, 1.165) is 58.3 Å². The second kappa shape index (κ2) is 9.24. The number of carbonyl (C=O) groups excluding carboxylic acids is 1. The van der Waals surface area contributed by atoms with Crippen molar-refractivity contribution in [2.24, 2.45) is 7.05 Å².